The van der Waals surface area contributed by atoms with Crippen LogP contribution in [-0.2, 0) is 23.9 Å². The van der Waals surface area contributed by atoms with Gasteiger partial charge in [-0.25, -0.2) is 0 Å². The van der Waals surface area contributed by atoms with E-state index in [2.05, 4.69) is 10.6 Å². The van der Waals surface area contributed by atoms with Crippen molar-refractivity contribution in [3.63, 3.8) is 0 Å². The fourth-order valence-electron chi connectivity index (χ4n) is 2.86. The van der Waals surface area contributed by atoms with Crippen molar-refractivity contribution in [2.45, 2.75) is 39.5 Å². The number of benzene rings is 1. The third-order valence-electron chi connectivity index (χ3n) is 4.68. The Hall–Kier alpha value is -2.90. The van der Waals surface area contributed by atoms with Crippen LogP contribution in [0.1, 0.15) is 36.8 Å². The molecule has 0 saturated carbocycles. The number of aryl methyl sites for hydroxylation is 1. The molecule has 152 valence electrons. The molecule has 3 amide bonds. The molecule has 0 radical (unpaired) electrons. The maximum Gasteiger partial charge on any atom is 0.326 e. The smallest absolute Gasteiger partial charge is 0.326 e. The summed E-state index contributed by atoms with van der Waals surface area (Å²) >= 11 is 0. The molecule has 8 heteroatoms. The van der Waals surface area contributed by atoms with Gasteiger partial charge in [-0.05, 0) is 43.9 Å². The van der Waals surface area contributed by atoms with Gasteiger partial charge in [-0.2, -0.15) is 0 Å². The molecular formula is C20H27N3O5. The first-order valence-corrected chi connectivity index (χ1v) is 9.43. The van der Waals surface area contributed by atoms with Gasteiger partial charge in [0.2, 0.25) is 11.8 Å². The van der Waals surface area contributed by atoms with E-state index in [0.717, 1.165) is 30.4 Å². The number of anilines is 1. The molecule has 1 aromatic carbocycles. The quantitative estimate of drug-likeness (QED) is 0.684. The molecule has 0 bridgehead atoms. The van der Waals surface area contributed by atoms with Crippen LogP contribution in [0.4, 0.5) is 5.69 Å². The highest BCUT2D eigenvalue weighted by Gasteiger charge is 2.20. The van der Waals surface area contributed by atoms with Gasteiger partial charge in [-0.1, -0.05) is 18.6 Å². The molecule has 1 heterocycles. The highest BCUT2D eigenvalue weighted by Crippen LogP contribution is 2.17. The molecule has 0 atom stereocenters. The third-order valence-corrected chi connectivity index (χ3v) is 4.68. The van der Waals surface area contributed by atoms with Crippen LogP contribution in [0.3, 0.4) is 0 Å². The molecule has 28 heavy (non-hydrogen) atoms. The molecule has 0 unspecified atom stereocenters. The summed E-state index contributed by atoms with van der Waals surface area (Å²) < 4.78 is 4.90. The zero-order valence-electron chi connectivity index (χ0n) is 16.4. The number of nitrogens with zero attached hydrogens (tertiary/aromatic N) is 1. The molecule has 1 saturated heterocycles. The summed E-state index contributed by atoms with van der Waals surface area (Å²) in [5.74, 6) is -1.65. The van der Waals surface area contributed by atoms with Crippen LogP contribution in [-0.4, -0.2) is 54.8 Å². The SMILES string of the molecule is Cc1cccc(NC(=O)CNC(=O)COC(=O)CN2CCCCCC2=O)c1C. The van der Waals surface area contributed by atoms with E-state index in [1.54, 1.807) is 6.07 Å². The fraction of sp³-hybridized carbons (Fsp3) is 0.500. The van der Waals surface area contributed by atoms with Crippen LogP contribution < -0.4 is 10.6 Å². The van der Waals surface area contributed by atoms with Crippen molar-refractivity contribution < 1.29 is 23.9 Å². The van der Waals surface area contributed by atoms with Crippen LogP contribution in [0.2, 0.25) is 0 Å². The van der Waals surface area contributed by atoms with E-state index in [1.807, 2.05) is 26.0 Å². The van der Waals surface area contributed by atoms with E-state index in [4.69, 9.17) is 4.74 Å². The van der Waals surface area contributed by atoms with Crippen molar-refractivity contribution in [2.24, 2.45) is 0 Å². The van der Waals surface area contributed by atoms with Crippen LogP contribution >= 0.6 is 0 Å². The number of amides is 3. The number of hydrogen-bond donors (Lipinski definition) is 2. The van der Waals surface area contributed by atoms with Crippen molar-refractivity contribution in [1.82, 2.24) is 10.2 Å². The van der Waals surface area contributed by atoms with Gasteiger partial charge in [0.15, 0.2) is 6.61 Å². The predicted octanol–water partition coefficient (Wildman–Crippen LogP) is 1.30. The summed E-state index contributed by atoms with van der Waals surface area (Å²) in [6.45, 7) is 3.50. The molecule has 1 fully saturated rings. The van der Waals surface area contributed by atoms with Crippen molar-refractivity contribution in [1.29, 1.82) is 0 Å². The van der Waals surface area contributed by atoms with Gasteiger partial charge in [-0.3, -0.25) is 19.2 Å². The number of carbonyl (C=O) groups excluding carboxylic acids is 4. The van der Waals surface area contributed by atoms with Crippen LogP contribution in [0.5, 0.6) is 0 Å². The van der Waals surface area contributed by atoms with Crippen molar-refractivity contribution in [3.05, 3.63) is 29.3 Å². The van der Waals surface area contributed by atoms with E-state index in [1.165, 1.54) is 4.90 Å². The van der Waals surface area contributed by atoms with Gasteiger partial charge in [0.05, 0.1) is 6.54 Å². The first-order chi connectivity index (χ1) is 13.4. The molecule has 1 aromatic rings. The Labute approximate surface area is 164 Å². The number of esters is 1. The Bertz CT molecular complexity index is 747. The number of likely N-dealkylation sites (tertiary alicyclic amines) is 1. The van der Waals surface area contributed by atoms with Crippen LogP contribution in [0.15, 0.2) is 18.2 Å². The fourth-order valence-corrected chi connectivity index (χ4v) is 2.86. The first-order valence-electron chi connectivity index (χ1n) is 9.43. The molecule has 1 aliphatic rings. The normalized spacial score (nSPS) is 14.2. The highest BCUT2D eigenvalue weighted by molar-refractivity contribution is 5.95. The Morgan fingerprint density at radius 1 is 1.11 bits per heavy atom. The van der Waals surface area contributed by atoms with Gasteiger partial charge >= 0.3 is 5.97 Å². The largest absolute Gasteiger partial charge is 0.454 e. The third kappa shape index (κ3) is 6.68. The maximum absolute atomic E-state index is 12.0. The topological polar surface area (TPSA) is 105 Å². The lowest BCUT2D eigenvalue weighted by Crippen LogP contribution is -2.38. The van der Waals surface area contributed by atoms with E-state index in [9.17, 15) is 19.2 Å². The lowest BCUT2D eigenvalue weighted by molar-refractivity contribution is -0.152. The monoisotopic (exact) mass is 389 g/mol. The lowest BCUT2D eigenvalue weighted by atomic mass is 10.1. The minimum Gasteiger partial charge on any atom is -0.454 e. The van der Waals surface area contributed by atoms with Crippen molar-refractivity contribution >= 4 is 29.4 Å². The maximum atomic E-state index is 12.0. The predicted molar refractivity (Wildman–Crippen MR) is 104 cm³/mol. The minimum atomic E-state index is -0.634. The standard InChI is InChI=1S/C20H27N3O5/c1-14-7-6-8-16(15(14)2)22-17(24)11-21-18(25)13-28-20(27)12-23-10-5-3-4-9-19(23)26/h6-8H,3-5,9-13H2,1-2H3,(H,21,25)(H,22,24). The van der Waals surface area contributed by atoms with Gasteiger partial charge in [0.25, 0.3) is 5.91 Å². The zero-order chi connectivity index (χ0) is 20.5. The number of ether oxygens (including phenoxy) is 1. The second-order valence-electron chi connectivity index (χ2n) is 6.86. The summed E-state index contributed by atoms with van der Waals surface area (Å²) in [7, 11) is 0. The molecule has 0 aromatic heterocycles. The number of nitrogens with one attached hydrogen (secondary N) is 2. The summed E-state index contributed by atoms with van der Waals surface area (Å²) in [6, 6.07) is 5.57. The van der Waals surface area contributed by atoms with E-state index < -0.39 is 18.5 Å². The summed E-state index contributed by atoms with van der Waals surface area (Å²) in [5.41, 5.74) is 2.70. The molecule has 1 aliphatic heterocycles. The average Bonchev–Trinajstić information content (AvgIpc) is 2.86. The number of rotatable bonds is 7. The molecule has 0 aliphatic carbocycles. The number of hydrogen-bond acceptors (Lipinski definition) is 5. The van der Waals surface area contributed by atoms with Crippen molar-refractivity contribution in [3.8, 4) is 0 Å². The molecular weight excluding hydrogens is 362 g/mol. The summed E-state index contributed by atoms with van der Waals surface area (Å²) in [6.07, 6.45) is 3.08. The lowest BCUT2D eigenvalue weighted by Gasteiger charge is -2.19. The Kier molecular flexibility index (Phi) is 7.98. The van der Waals surface area contributed by atoms with Gasteiger partial charge in [0.1, 0.15) is 6.54 Å². The Morgan fingerprint density at radius 3 is 2.68 bits per heavy atom. The van der Waals surface area contributed by atoms with Crippen molar-refractivity contribution in [2.75, 3.05) is 31.6 Å². The van der Waals surface area contributed by atoms with E-state index in [0.29, 0.717) is 18.7 Å². The van der Waals surface area contributed by atoms with E-state index >= 15 is 0 Å². The number of carbonyl (C=O) groups is 4. The average molecular weight is 389 g/mol. The second-order valence-corrected chi connectivity index (χ2v) is 6.86. The highest BCUT2D eigenvalue weighted by atomic mass is 16.5. The second kappa shape index (κ2) is 10.4. The Balaban J connectivity index is 1.69. The van der Waals surface area contributed by atoms with Crippen LogP contribution in [0, 0.1) is 13.8 Å². The molecule has 2 N–H and O–H groups in total. The van der Waals surface area contributed by atoms with Crippen LogP contribution in [0.25, 0.3) is 0 Å². The Morgan fingerprint density at radius 2 is 1.89 bits per heavy atom. The molecule has 0 spiro atoms. The zero-order valence-corrected chi connectivity index (χ0v) is 16.4. The van der Waals surface area contributed by atoms with Gasteiger partial charge < -0.3 is 20.3 Å². The first kappa shape index (κ1) is 21.4. The van der Waals surface area contributed by atoms with E-state index in [-0.39, 0.29) is 24.9 Å². The van der Waals surface area contributed by atoms with Gasteiger partial charge in [0, 0.05) is 18.7 Å². The summed E-state index contributed by atoms with van der Waals surface area (Å²) in [4.78, 5) is 48.9. The van der Waals surface area contributed by atoms with Gasteiger partial charge in [-0.15, -0.1) is 0 Å². The minimum absolute atomic E-state index is 0.0676. The molecule has 8 nitrogen and oxygen atoms in total. The molecule has 2 rings (SSSR count). The summed E-state index contributed by atoms with van der Waals surface area (Å²) in [5, 5.41) is 5.14.